The number of amides is 1. The smallest absolute Gasteiger partial charge is 0.240 e. The van der Waals surface area contributed by atoms with Crippen molar-refractivity contribution in [1.82, 2.24) is 9.80 Å². The monoisotopic (exact) mass is 290 g/mol. The summed E-state index contributed by atoms with van der Waals surface area (Å²) in [6.07, 6.45) is 0.869. The molecule has 0 radical (unpaired) electrons. The summed E-state index contributed by atoms with van der Waals surface area (Å²) in [5.41, 5.74) is 1.19. The van der Waals surface area contributed by atoms with E-state index < -0.39 is 0 Å². The number of fused-ring (bicyclic) bond motifs is 1. The molecule has 0 N–H and O–H groups in total. The zero-order valence-electron chi connectivity index (χ0n) is 12.4. The van der Waals surface area contributed by atoms with Gasteiger partial charge >= 0.3 is 0 Å². The van der Waals surface area contributed by atoms with Gasteiger partial charge in [0.05, 0.1) is 19.8 Å². The van der Waals surface area contributed by atoms with E-state index in [-0.39, 0.29) is 11.9 Å². The maximum absolute atomic E-state index is 12.6. The quantitative estimate of drug-likeness (QED) is 0.605. The number of nitrogens with zero attached hydrogens (tertiary/aromatic N) is 2. The predicted octanol–water partition coefficient (Wildman–Crippen LogP) is 1.30. The summed E-state index contributed by atoms with van der Waals surface area (Å²) < 4.78 is 0. The van der Waals surface area contributed by atoms with Crippen molar-refractivity contribution in [2.24, 2.45) is 5.92 Å². The molecule has 2 fully saturated rings. The highest BCUT2D eigenvalue weighted by atomic mass is 17.2. The molecule has 1 aromatic rings. The van der Waals surface area contributed by atoms with E-state index in [9.17, 15) is 4.79 Å². The molecule has 0 aromatic heterocycles. The van der Waals surface area contributed by atoms with Crippen LogP contribution < -0.4 is 0 Å². The van der Waals surface area contributed by atoms with Crippen molar-refractivity contribution in [1.29, 1.82) is 0 Å². The number of benzene rings is 1. The Morgan fingerprint density at radius 1 is 1.24 bits per heavy atom. The van der Waals surface area contributed by atoms with Gasteiger partial charge in [0, 0.05) is 32.1 Å². The van der Waals surface area contributed by atoms with Crippen molar-refractivity contribution in [3.05, 3.63) is 35.9 Å². The van der Waals surface area contributed by atoms with Crippen LogP contribution in [0.4, 0.5) is 0 Å². The Hall–Kier alpha value is -1.43. The summed E-state index contributed by atoms with van der Waals surface area (Å²) in [7, 11) is 1.52. The largest absolute Gasteiger partial charge is 0.336 e. The normalized spacial score (nSPS) is 26.1. The van der Waals surface area contributed by atoms with Crippen LogP contribution in [0.25, 0.3) is 0 Å². The predicted molar refractivity (Wildman–Crippen MR) is 78.3 cm³/mol. The van der Waals surface area contributed by atoms with Gasteiger partial charge in [-0.3, -0.25) is 9.69 Å². The van der Waals surface area contributed by atoms with Crippen LogP contribution in [-0.4, -0.2) is 55.1 Å². The highest BCUT2D eigenvalue weighted by Gasteiger charge is 2.41. The lowest BCUT2D eigenvalue weighted by Crippen LogP contribution is -2.53. The molecule has 0 spiro atoms. The molecule has 0 bridgehead atoms. The third-order valence-corrected chi connectivity index (χ3v) is 4.38. The van der Waals surface area contributed by atoms with Crippen molar-refractivity contribution in [3.63, 3.8) is 0 Å². The molecule has 2 unspecified atom stereocenters. The Balaban J connectivity index is 1.60. The molecule has 2 heterocycles. The maximum Gasteiger partial charge on any atom is 0.240 e. The molecule has 5 nitrogen and oxygen atoms in total. The number of rotatable bonds is 5. The van der Waals surface area contributed by atoms with Gasteiger partial charge in [-0.2, -0.15) is 0 Å². The van der Waals surface area contributed by atoms with Gasteiger partial charge in [0.25, 0.3) is 0 Å². The van der Waals surface area contributed by atoms with Crippen LogP contribution >= 0.6 is 0 Å². The lowest BCUT2D eigenvalue weighted by Gasteiger charge is -2.36. The average Bonchev–Trinajstić information content (AvgIpc) is 2.93. The average molecular weight is 290 g/mol. The SMILES string of the molecule is COOCC1CC2C(=O)N(Cc3ccccc3)CCN2C1. The Bertz CT molecular complexity index is 480. The molecule has 0 aliphatic carbocycles. The van der Waals surface area contributed by atoms with E-state index in [0.717, 1.165) is 26.1 Å². The third kappa shape index (κ3) is 3.26. The van der Waals surface area contributed by atoms with E-state index >= 15 is 0 Å². The Morgan fingerprint density at radius 3 is 2.81 bits per heavy atom. The molecule has 2 aliphatic rings. The summed E-state index contributed by atoms with van der Waals surface area (Å²) in [6, 6.07) is 10.2. The molecule has 2 atom stereocenters. The molecule has 1 aromatic carbocycles. The fourth-order valence-electron chi connectivity index (χ4n) is 3.32. The number of carbonyl (C=O) groups is 1. The number of carbonyl (C=O) groups excluding carboxylic acids is 1. The van der Waals surface area contributed by atoms with Crippen molar-refractivity contribution in [3.8, 4) is 0 Å². The highest BCUT2D eigenvalue weighted by molar-refractivity contribution is 5.83. The molecule has 1 amide bonds. The number of hydrogen-bond donors (Lipinski definition) is 0. The number of piperazine rings is 1. The van der Waals surface area contributed by atoms with E-state index in [0.29, 0.717) is 19.1 Å². The molecule has 2 aliphatic heterocycles. The van der Waals surface area contributed by atoms with E-state index in [4.69, 9.17) is 4.89 Å². The van der Waals surface area contributed by atoms with Crippen LogP contribution in [0.3, 0.4) is 0 Å². The zero-order chi connectivity index (χ0) is 14.7. The van der Waals surface area contributed by atoms with Gasteiger partial charge in [-0.25, -0.2) is 9.78 Å². The minimum absolute atomic E-state index is 0.0212. The summed E-state index contributed by atoms with van der Waals surface area (Å²) in [5.74, 6) is 0.639. The van der Waals surface area contributed by atoms with Crippen LogP contribution in [0.15, 0.2) is 30.3 Å². The Morgan fingerprint density at radius 2 is 2.05 bits per heavy atom. The number of hydrogen-bond acceptors (Lipinski definition) is 4. The molecule has 21 heavy (non-hydrogen) atoms. The van der Waals surface area contributed by atoms with Gasteiger partial charge in [0.1, 0.15) is 0 Å². The fourth-order valence-corrected chi connectivity index (χ4v) is 3.32. The lowest BCUT2D eigenvalue weighted by atomic mass is 10.0. The maximum atomic E-state index is 12.6. The van der Waals surface area contributed by atoms with Crippen molar-refractivity contribution in [2.45, 2.75) is 19.0 Å². The van der Waals surface area contributed by atoms with E-state index in [1.807, 2.05) is 23.1 Å². The van der Waals surface area contributed by atoms with Crippen LogP contribution in [0.2, 0.25) is 0 Å². The third-order valence-electron chi connectivity index (χ3n) is 4.38. The van der Waals surface area contributed by atoms with Crippen molar-refractivity contribution < 1.29 is 14.6 Å². The van der Waals surface area contributed by atoms with E-state index in [2.05, 4.69) is 21.9 Å². The van der Waals surface area contributed by atoms with E-state index in [1.54, 1.807) is 0 Å². The molecule has 114 valence electrons. The topological polar surface area (TPSA) is 42.0 Å². The van der Waals surface area contributed by atoms with Crippen LogP contribution in [0.1, 0.15) is 12.0 Å². The molecule has 5 heteroatoms. The van der Waals surface area contributed by atoms with Crippen molar-refractivity contribution in [2.75, 3.05) is 33.4 Å². The summed E-state index contributed by atoms with van der Waals surface area (Å²) in [5, 5.41) is 0. The summed E-state index contributed by atoms with van der Waals surface area (Å²) in [6.45, 7) is 3.96. The highest BCUT2D eigenvalue weighted by Crippen LogP contribution is 2.28. The van der Waals surface area contributed by atoms with Crippen LogP contribution in [0.5, 0.6) is 0 Å². The van der Waals surface area contributed by atoms with Crippen LogP contribution in [-0.2, 0) is 21.1 Å². The minimum atomic E-state index is 0.0212. The first-order valence-electron chi connectivity index (χ1n) is 7.50. The van der Waals surface area contributed by atoms with Crippen LogP contribution in [0, 0.1) is 5.92 Å². The zero-order valence-corrected chi connectivity index (χ0v) is 12.4. The Kier molecular flexibility index (Phi) is 4.53. The second-order valence-corrected chi connectivity index (χ2v) is 5.81. The molecular formula is C16H22N2O3. The van der Waals surface area contributed by atoms with Gasteiger partial charge in [-0.15, -0.1) is 0 Å². The van der Waals surface area contributed by atoms with Gasteiger partial charge < -0.3 is 4.90 Å². The second-order valence-electron chi connectivity index (χ2n) is 5.81. The first kappa shape index (κ1) is 14.5. The summed E-state index contributed by atoms with van der Waals surface area (Å²) >= 11 is 0. The molecule has 0 saturated carbocycles. The first-order valence-corrected chi connectivity index (χ1v) is 7.50. The molecule has 3 rings (SSSR count). The van der Waals surface area contributed by atoms with Gasteiger partial charge in [0.15, 0.2) is 0 Å². The van der Waals surface area contributed by atoms with E-state index in [1.165, 1.54) is 12.7 Å². The minimum Gasteiger partial charge on any atom is -0.336 e. The standard InChI is InChI=1S/C16H22N2O3/c1-20-21-12-14-9-15-16(19)18(8-7-17(15)11-14)10-13-5-3-2-4-6-13/h2-6,14-15H,7-12H2,1H3. The van der Waals surface area contributed by atoms with Gasteiger partial charge in [-0.05, 0) is 12.0 Å². The fraction of sp³-hybridized carbons (Fsp3) is 0.562. The second kappa shape index (κ2) is 6.56. The first-order chi connectivity index (χ1) is 10.3. The van der Waals surface area contributed by atoms with Gasteiger partial charge in [-0.1, -0.05) is 30.3 Å². The van der Waals surface area contributed by atoms with Crippen molar-refractivity contribution >= 4 is 5.91 Å². The lowest BCUT2D eigenvalue weighted by molar-refractivity contribution is -0.279. The summed E-state index contributed by atoms with van der Waals surface area (Å²) in [4.78, 5) is 26.6. The molecular weight excluding hydrogens is 268 g/mol. The molecule has 2 saturated heterocycles. The Labute approximate surface area is 125 Å². The van der Waals surface area contributed by atoms with Gasteiger partial charge in [0.2, 0.25) is 5.91 Å².